The zero-order valence-corrected chi connectivity index (χ0v) is 13.9. The molecule has 0 radical (unpaired) electrons. The van der Waals surface area contributed by atoms with Gasteiger partial charge in [0.1, 0.15) is 0 Å². The minimum absolute atomic E-state index is 0.618. The van der Waals surface area contributed by atoms with E-state index in [9.17, 15) is 0 Å². The van der Waals surface area contributed by atoms with E-state index < -0.39 is 0 Å². The van der Waals surface area contributed by atoms with Crippen LogP contribution in [0.2, 0.25) is 0 Å². The van der Waals surface area contributed by atoms with Crippen LogP contribution in [0.25, 0.3) is 33.5 Å². The lowest BCUT2D eigenvalue weighted by atomic mass is 10.0. The fourth-order valence-electron chi connectivity index (χ4n) is 3.53. The molecule has 5 rings (SSSR count). The highest BCUT2D eigenvalue weighted by Gasteiger charge is 2.17. The Labute approximate surface area is 144 Å². The molecule has 1 saturated heterocycles. The number of hydrogen-bond donors (Lipinski definition) is 1. The lowest BCUT2D eigenvalue weighted by molar-refractivity contribution is 0.0615. The van der Waals surface area contributed by atoms with Gasteiger partial charge in [-0.3, -0.25) is 0 Å². The van der Waals surface area contributed by atoms with Gasteiger partial charge in [0.05, 0.1) is 18.2 Å². The zero-order chi connectivity index (χ0) is 16.6. The summed E-state index contributed by atoms with van der Waals surface area (Å²) < 4.78 is 7.59. The number of H-pyrrole nitrogens is 1. The Morgan fingerprint density at radius 3 is 3.00 bits per heavy atom. The number of fused-ring (bicyclic) bond motifs is 2. The SMILES string of the molecule is c1cc2cc(-c3cnc4ncn(CC5CCOCC5)c4n3)ccc2[nH]1. The van der Waals surface area contributed by atoms with E-state index in [1.165, 1.54) is 5.39 Å². The molecule has 0 spiro atoms. The number of hydrogen-bond acceptors (Lipinski definition) is 4. The standard InChI is InChI=1S/C19H19N5O/c1-2-16-15(3-6-20-16)9-14(1)17-10-21-18-19(23-17)24(12-22-18)11-13-4-7-25-8-5-13/h1-3,6,9-10,12-13,20H,4-5,7-8,11H2. The fourth-order valence-corrected chi connectivity index (χ4v) is 3.53. The van der Waals surface area contributed by atoms with Crippen molar-refractivity contribution in [2.45, 2.75) is 19.4 Å². The Hall–Kier alpha value is -2.73. The lowest BCUT2D eigenvalue weighted by Gasteiger charge is -2.22. The maximum Gasteiger partial charge on any atom is 0.197 e. The zero-order valence-electron chi connectivity index (χ0n) is 13.9. The van der Waals surface area contributed by atoms with E-state index in [1.807, 2.05) is 18.7 Å². The van der Waals surface area contributed by atoms with Gasteiger partial charge in [-0.05, 0) is 37.0 Å². The van der Waals surface area contributed by atoms with Crippen LogP contribution in [0.4, 0.5) is 0 Å². The maximum atomic E-state index is 5.46. The van der Waals surface area contributed by atoms with E-state index in [0.717, 1.165) is 55.0 Å². The van der Waals surface area contributed by atoms with Crippen LogP contribution in [0.1, 0.15) is 12.8 Å². The average molecular weight is 333 g/mol. The molecule has 1 fully saturated rings. The monoisotopic (exact) mass is 333 g/mol. The van der Waals surface area contributed by atoms with Gasteiger partial charge in [0, 0.05) is 42.4 Å². The number of aromatic nitrogens is 5. The highest BCUT2D eigenvalue weighted by atomic mass is 16.5. The topological polar surface area (TPSA) is 68.6 Å². The van der Waals surface area contributed by atoms with E-state index in [0.29, 0.717) is 11.6 Å². The van der Waals surface area contributed by atoms with Gasteiger partial charge >= 0.3 is 0 Å². The van der Waals surface area contributed by atoms with E-state index in [-0.39, 0.29) is 0 Å². The molecule has 0 bridgehead atoms. The molecule has 126 valence electrons. The molecule has 1 aromatic carbocycles. The van der Waals surface area contributed by atoms with Crippen molar-refractivity contribution in [1.82, 2.24) is 24.5 Å². The molecule has 0 saturated carbocycles. The number of ether oxygens (including phenoxy) is 1. The van der Waals surface area contributed by atoms with Crippen molar-refractivity contribution >= 4 is 22.2 Å². The summed E-state index contributed by atoms with van der Waals surface area (Å²) in [6.45, 7) is 2.63. The maximum absolute atomic E-state index is 5.46. The molecule has 1 aliphatic heterocycles. The number of nitrogens with zero attached hydrogens (tertiary/aromatic N) is 4. The molecule has 6 nitrogen and oxygen atoms in total. The van der Waals surface area contributed by atoms with Gasteiger partial charge in [0.25, 0.3) is 0 Å². The first-order valence-electron chi connectivity index (χ1n) is 8.70. The molecular weight excluding hydrogens is 314 g/mol. The van der Waals surface area contributed by atoms with E-state index in [2.05, 4.69) is 43.8 Å². The Balaban J connectivity index is 1.52. The van der Waals surface area contributed by atoms with Crippen LogP contribution in [0, 0.1) is 5.92 Å². The highest BCUT2D eigenvalue weighted by molar-refractivity contribution is 5.84. The summed E-state index contributed by atoms with van der Waals surface area (Å²) >= 11 is 0. The Kier molecular flexibility index (Phi) is 3.48. The van der Waals surface area contributed by atoms with Crippen LogP contribution >= 0.6 is 0 Å². The molecule has 0 unspecified atom stereocenters. The van der Waals surface area contributed by atoms with Crippen molar-refractivity contribution in [2.75, 3.05) is 13.2 Å². The van der Waals surface area contributed by atoms with Gasteiger partial charge in [-0.25, -0.2) is 15.0 Å². The van der Waals surface area contributed by atoms with E-state index in [1.54, 1.807) is 0 Å². The Bertz CT molecular complexity index is 1030. The van der Waals surface area contributed by atoms with Gasteiger partial charge in [0.15, 0.2) is 11.3 Å². The fraction of sp³-hybridized carbons (Fsp3) is 0.316. The minimum atomic E-state index is 0.618. The smallest absolute Gasteiger partial charge is 0.197 e. The van der Waals surface area contributed by atoms with Crippen LogP contribution < -0.4 is 0 Å². The third kappa shape index (κ3) is 2.68. The molecule has 4 aromatic rings. The second kappa shape index (κ2) is 5.97. The largest absolute Gasteiger partial charge is 0.381 e. The molecule has 4 heterocycles. The van der Waals surface area contributed by atoms with Crippen molar-refractivity contribution in [3.05, 3.63) is 43.0 Å². The Morgan fingerprint density at radius 2 is 2.08 bits per heavy atom. The molecule has 0 amide bonds. The van der Waals surface area contributed by atoms with Crippen LogP contribution in [-0.2, 0) is 11.3 Å². The summed E-state index contributed by atoms with van der Waals surface area (Å²) in [6, 6.07) is 8.37. The van der Waals surface area contributed by atoms with Crippen LogP contribution in [0.15, 0.2) is 43.0 Å². The van der Waals surface area contributed by atoms with Crippen molar-refractivity contribution in [2.24, 2.45) is 5.92 Å². The second-order valence-electron chi connectivity index (χ2n) is 6.63. The van der Waals surface area contributed by atoms with Crippen LogP contribution in [-0.4, -0.2) is 37.7 Å². The third-order valence-electron chi connectivity index (χ3n) is 4.97. The third-order valence-corrected chi connectivity index (χ3v) is 4.97. The molecule has 0 aliphatic carbocycles. The summed E-state index contributed by atoms with van der Waals surface area (Å²) in [5.74, 6) is 0.618. The summed E-state index contributed by atoms with van der Waals surface area (Å²) in [7, 11) is 0. The quantitative estimate of drug-likeness (QED) is 0.624. The van der Waals surface area contributed by atoms with Gasteiger partial charge in [0.2, 0.25) is 0 Å². The number of benzene rings is 1. The normalized spacial score (nSPS) is 16.0. The number of aromatic amines is 1. The van der Waals surface area contributed by atoms with Gasteiger partial charge in [-0.15, -0.1) is 0 Å². The summed E-state index contributed by atoms with van der Waals surface area (Å²) in [5, 5.41) is 1.18. The summed E-state index contributed by atoms with van der Waals surface area (Å²) in [5.41, 5.74) is 4.64. The molecular formula is C19H19N5O. The number of rotatable bonds is 3. The molecule has 6 heteroatoms. The van der Waals surface area contributed by atoms with E-state index in [4.69, 9.17) is 9.72 Å². The Morgan fingerprint density at radius 1 is 1.16 bits per heavy atom. The minimum Gasteiger partial charge on any atom is -0.381 e. The molecule has 1 N–H and O–H groups in total. The van der Waals surface area contributed by atoms with Gasteiger partial charge in [-0.2, -0.15) is 0 Å². The van der Waals surface area contributed by atoms with Crippen LogP contribution in [0.3, 0.4) is 0 Å². The van der Waals surface area contributed by atoms with Crippen LogP contribution in [0.5, 0.6) is 0 Å². The molecule has 3 aromatic heterocycles. The average Bonchev–Trinajstić information content (AvgIpc) is 3.28. The van der Waals surface area contributed by atoms with Crippen molar-refractivity contribution in [3.63, 3.8) is 0 Å². The summed E-state index contributed by atoms with van der Waals surface area (Å²) in [6.07, 6.45) is 7.81. The molecule has 25 heavy (non-hydrogen) atoms. The van der Waals surface area contributed by atoms with E-state index >= 15 is 0 Å². The molecule has 0 atom stereocenters. The predicted molar refractivity (Wildman–Crippen MR) is 96.2 cm³/mol. The first-order valence-corrected chi connectivity index (χ1v) is 8.70. The number of nitrogens with one attached hydrogen (secondary N) is 1. The lowest BCUT2D eigenvalue weighted by Crippen LogP contribution is -2.20. The van der Waals surface area contributed by atoms with Crippen molar-refractivity contribution in [1.29, 1.82) is 0 Å². The van der Waals surface area contributed by atoms with Gasteiger partial charge < -0.3 is 14.3 Å². The first-order chi connectivity index (χ1) is 12.4. The first kappa shape index (κ1) is 14.6. The number of imidazole rings is 1. The van der Waals surface area contributed by atoms with Gasteiger partial charge in [-0.1, -0.05) is 6.07 Å². The van der Waals surface area contributed by atoms with Crippen molar-refractivity contribution < 1.29 is 4.74 Å². The van der Waals surface area contributed by atoms with Crippen molar-refractivity contribution in [3.8, 4) is 11.3 Å². The predicted octanol–water partition coefficient (Wildman–Crippen LogP) is 3.40. The molecule has 1 aliphatic rings. The summed E-state index contributed by atoms with van der Waals surface area (Å²) in [4.78, 5) is 17.0. The highest BCUT2D eigenvalue weighted by Crippen LogP contribution is 2.24. The second-order valence-corrected chi connectivity index (χ2v) is 6.63.